The molecule has 0 aliphatic carbocycles. The zero-order valence-corrected chi connectivity index (χ0v) is 11.8. The molecular formula is C14H18N2O4. The van der Waals surface area contributed by atoms with Crippen molar-refractivity contribution in [2.45, 2.75) is 19.8 Å². The quantitative estimate of drug-likeness (QED) is 0.490. The molecule has 1 N–H and O–H groups in total. The lowest BCUT2D eigenvalue weighted by atomic mass is 10.2. The predicted octanol–water partition coefficient (Wildman–Crippen LogP) is 2.21. The second-order valence-electron chi connectivity index (χ2n) is 4.10. The molecule has 1 aromatic carbocycles. The van der Waals surface area contributed by atoms with Crippen molar-refractivity contribution in [2.75, 3.05) is 19.6 Å². The molecule has 1 rings (SSSR count). The van der Waals surface area contributed by atoms with Crippen molar-refractivity contribution in [3.8, 4) is 0 Å². The molecule has 6 heteroatoms. The van der Waals surface area contributed by atoms with E-state index >= 15 is 0 Å². The summed E-state index contributed by atoms with van der Waals surface area (Å²) in [6.07, 6.45) is 0.828. The minimum Gasteiger partial charge on any atom is -0.469 e. The topological polar surface area (TPSA) is 77.0 Å². The number of benzene rings is 1. The van der Waals surface area contributed by atoms with E-state index in [1.54, 1.807) is 24.3 Å². The minimum absolute atomic E-state index is 0.262. The fraction of sp³-hybridized carbons (Fsp3) is 0.357. The number of methoxy groups -OCH3 is 2. The first-order valence-electron chi connectivity index (χ1n) is 6.11. The van der Waals surface area contributed by atoms with Crippen molar-refractivity contribution in [3.05, 3.63) is 29.8 Å². The summed E-state index contributed by atoms with van der Waals surface area (Å²) < 4.78 is 9.16. The van der Waals surface area contributed by atoms with Gasteiger partial charge in [-0.3, -0.25) is 10.2 Å². The fourth-order valence-electron chi connectivity index (χ4n) is 1.40. The van der Waals surface area contributed by atoms with E-state index in [4.69, 9.17) is 0 Å². The van der Waals surface area contributed by atoms with Crippen molar-refractivity contribution >= 4 is 23.3 Å². The van der Waals surface area contributed by atoms with E-state index in [1.807, 2.05) is 6.92 Å². The van der Waals surface area contributed by atoms with Crippen LogP contribution in [0.15, 0.2) is 29.4 Å². The molecular weight excluding hydrogens is 260 g/mol. The molecule has 0 amide bonds. The number of carbonyl (C=O) groups excluding carboxylic acids is 2. The Labute approximate surface area is 117 Å². The van der Waals surface area contributed by atoms with Crippen LogP contribution in [0.1, 0.15) is 30.1 Å². The number of hydrogen-bond donors (Lipinski definition) is 1. The Morgan fingerprint density at radius 2 is 1.75 bits per heavy atom. The van der Waals surface area contributed by atoms with Crippen molar-refractivity contribution < 1.29 is 19.1 Å². The molecule has 0 aromatic heterocycles. The van der Waals surface area contributed by atoms with E-state index in [9.17, 15) is 9.59 Å². The summed E-state index contributed by atoms with van der Waals surface area (Å²) in [6, 6.07) is 6.74. The molecule has 20 heavy (non-hydrogen) atoms. The first-order chi connectivity index (χ1) is 9.56. The monoisotopic (exact) mass is 278 g/mol. The number of ether oxygens (including phenoxy) is 2. The summed E-state index contributed by atoms with van der Waals surface area (Å²) in [5, 5.41) is 4.14. The molecule has 0 saturated carbocycles. The van der Waals surface area contributed by atoms with Gasteiger partial charge in [0.05, 0.1) is 31.9 Å². The SMILES string of the molecule is COC(=O)CC/C(C)=N/Nc1ccc(C(=O)OC)cc1. The maximum absolute atomic E-state index is 11.3. The number of nitrogens with one attached hydrogen (secondary N) is 1. The largest absolute Gasteiger partial charge is 0.469 e. The summed E-state index contributed by atoms with van der Waals surface area (Å²) in [6.45, 7) is 1.82. The lowest BCUT2D eigenvalue weighted by Gasteiger charge is -2.04. The van der Waals surface area contributed by atoms with Crippen molar-refractivity contribution in [1.29, 1.82) is 0 Å². The summed E-state index contributed by atoms with van der Waals surface area (Å²) in [4.78, 5) is 22.2. The molecule has 0 spiro atoms. The molecule has 0 bridgehead atoms. The maximum atomic E-state index is 11.3. The van der Waals surface area contributed by atoms with E-state index in [0.717, 1.165) is 11.4 Å². The normalized spacial score (nSPS) is 10.8. The first-order valence-corrected chi connectivity index (χ1v) is 6.11. The highest BCUT2D eigenvalue weighted by Crippen LogP contribution is 2.10. The minimum atomic E-state index is -0.380. The lowest BCUT2D eigenvalue weighted by Crippen LogP contribution is -2.05. The third-order valence-electron chi connectivity index (χ3n) is 2.60. The van der Waals surface area contributed by atoms with Crippen LogP contribution in [0.2, 0.25) is 0 Å². The smallest absolute Gasteiger partial charge is 0.337 e. The number of hydrazone groups is 1. The number of esters is 2. The van der Waals surface area contributed by atoms with Crippen LogP contribution < -0.4 is 5.43 Å². The summed E-state index contributed by atoms with van der Waals surface area (Å²) >= 11 is 0. The summed E-state index contributed by atoms with van der Waals surface area (Å²) in [5.74, 6) is -0.642. The van der Waals surface area contributed by atoms with E-state index in [1.165, 1.54) is 14.2 Å². The van der Waals surface area contributed by atoms with Gasteiger partial charge in [0.25, 0.3) is 0 Å². The third-order valence-corrected chi connectivity index (χ3v) is 2.60. The number of rotatable bonds is 6. The second kappa shape index (κ2) is 7.93. The van der Waals surface area contributed by atoms with Crippen LogP contribution in [0, 0.1) is 0 Å². The van der Waals surface area contributed by atoms with Crippen LogP contribution in [-0.2, 0) is 14.3 Å². The van der Waals surface area contributed by atoms with Crippen LogP contribution >= 0.6 is 0 Å². The van der Waals surface area contributed by atoms with Crippen molar-refractivity contribution in [2.24, 2.45) is 5.10 Å². The number of anilines is 1. The van der Waals surface area contributed by atoms with Gasteiger partial charge in [-0.25, -0.2) is 4.79 Å². The van der Waals surface area contributed by atoms with Gasteiger partial charge in [-0.1, -0.05) is 0 Å². The zero-order valence-electron chi connectivity index (χ0n) is 11.8. The van der Waals surface area contributed by atoms with Gasteiger partial charge in [0.2, 0.25) is 0 Å². The number of hydrogen-bond acceptors (Lipinski definition) is 6. The Morgan fingerprint density at radius 3 is 2.30 bits per heavy atom. The Balaban J connectivity index is 2.52. The highest BCUT2D eigenvalue weighted by atomic mass is 16.5. The van der Waals surface area contributed by atoms with E-state index < -0.39 is 0 Å². The Bertz CT molecular complexity index is 494. The Kier molecular flexibility index (Phi) is 6.22. The average Bonchev–Trinajstić information content (AvgIpc) is 2.50. The third kappa shape index (κ3) is 5.09. The lowest BCUT2D eigenvalue weighted by molar-refractivity contribution is -0.140. The van der Waals surface area contributed by atoms with Crippen molar-refractivity contribution in [1.82, 2.24) is 0 Å². The average molecular weight is 278 g/mol. The van der Waals surface area contributed by atoms with Gasteiger partial charge in [-0.15, -0.1) is 0 Å². The number of nitrogens with zero attached hydrogens (tertiary/aromatic N) is 1. The van der Waals surface area contributed by atoms with Gasteiger partial charge in [-0.05, 0) is 37.6 Å². The molecule has 0 radical (unpaired) electrons. The molecule has 0 fully saturated rings. The van der Waals surface area contributed by atoms with Crippen LogP contribution in [0.5, 0.6) is 0 Å². The molecule has 0 aliphatic rings. The molecule has 1 aromatic rings. The van der Waals surface area contributed by atoms with E-state index in [0.29, 0.717) is 18.4 Å². The highest BCUT2D eigenvalue weighted by molar-refractivity contribution is 5.89. The molecule has 0 atom stereocenters. The predicted molar refractivity (Wildman–Crippen MR) is 75.8 cm³/mol. The van der Waals surface area contributed by atoms with Gasteiger partial charge in [0.1, 0.15) is 0 Å². The Hall–Kier alpha value is -2.37. The van der Waals surface area contributed by atoms with Gasteiger partial charge in [0.15, 0.2) is 0 Å². The molecule has 0 saturated heterocycles. The van der Waals surface area contributed by atoms with Crippen LogP contribution in [-0.4, -0.2) is 31.9 Å². The van der Waals surface area contributed by atoms with Crippen molar-refractivity contribution in [3.63, 3.8) is 0 Å². The Morgan fingerprint density at radius 1 is 1.10 bits per heavy atom. The molecule has 0 heterocycles. The fourth-order valence-corrected chi connectivity index (χ4v) is 1.40. The van der Waals surface area contributed by atoms with E-state index in [2.05, 4.69) is 20.0 Å². The van der Waals surface area contributed by atoms with Crippen LogP contribution in [0.4, 0.5) is 5.69 Å². The summed E-state index contributed by atoms with van der Waals surface area (Å²) in [7, 11) is 2.69. The highest BCUT2D eigenvalue weighted by Gasteiger charge is 2.04. The molecule has 0 aliphatic heterocycles. The van der Waals surface area contributed by atoms with Crippen LogP contribution in [0.25, 0.3) is 0 Å². The van der Waals surface area contributed by atoms with E-state index in [-0.39, 0.29) is 11.9 Å². The zero-order chi connectivity index (χ0) is 15.0. The molecule has 6 nitrogen and oxygen atoms in total. The molecule has 108 valence electrons. The van der Waals surface area contributed by atoms with Gasteiger partial charge in [0, 0.05) is 5.71 Å². The van der Waals surface area contributed by atoms with Gasteiger partial charge in [-0.2, -0.15) is 5.10 Å². The van der Waals surface area contributed by atoms with Gasteiger partial charge < -0.3 is 9.47 Å². The maximum Gasteiger partial charge on any atom is 0.337 e. The van der Waals surface area contributed by atoms with Crippen LogP contribution in [0.3, 0.4) is 0 Å². The first kappa shape index (κ1) is 15.7. The standard InChI is InChI=1S/C14H18N2O4/c1-10(4-9-13(17)19-2)15-16-12-7-5-11(6-8-12)14(18)20-3/h5-8,16H,4,9H2,1-3H3/b15-10+. The molecule has 0 unspecified atom stereocenters. The second-order valence-corrected chi connectivity index (χ2v) is 4.10. The number of carbonyl (C=O) groups is 2. The summed E-state index contributed by atoms with van der Waals surface area (Å²) in [5.41, 5.74) is 4.86. The van der Waals surface area contributed by atoms with Gasteiger partial charge >= 0.3 is 11.9 Å².